The van der Waals surface area contributed by atoms with Gasteiger partial charge in [0, 0.05) is 12.0 Å². The molecule has 2 heteroatoms. The van der Waals surface area contributed by atoms with E-state index in [2.05, 4.69) is 37.3 Å². The summed E-state index contributed by atoms with van der Waals surface area (Å²) in [6.07, 6.45) is 3.93. The van der Waals surface area contributed by atoms with Crippen molar-refractivity contribution in [2.75, 3.05) is 6.54 Å². The highest BCUT2D eigenvalue weighted by molar-refractivity contribution is 5.83. The Morgan fingerprint density at radius 1 is 1.14 bits per heavy atom. The first-order valence-corrected chi connectivity index (χ1v) is 8.01. The van der Waals surface area contributed by atoms with Crippen LogP contribution in [0.4, 0.5) is 0 Å². The molecular formula is C19H25NO. The Kier molecular flexibility index (Phi) is 4.01. The van der Waals surface area contributed by atoms with Gasteiger partial charge in [-0.05, 0) is 41.2 Å². The van der Waals surface area contributed by atoms with Crippen LogP contribution in [0.15, 0.2) is 42.5 Å². The first-order valence-electron chi connectivity index (χ1n) is 8.01. The van der Waals surface area contributed by atoms with E-state index in [1.807, 2.05) is 12.1 Å². The smallest absolute Gasteiger partial charge is 0.0858 e. The van der Waals surface area contributed by atoms with Crippen molar-refractivity contribution in [2.45, 2.75) is 38.7 Å². The molecule has 2 aromatic rings. The van der Waals surface area contributed by atoms with E-state index < -0.39 is 6.10 Å². The highest BCUT2D eigenvalue weighted by atomic mass is 16.3. The molecule has 1 aliphatic rings. The summed E-state index contributed by atoms with van der Waals surface area (Å²) in [5, 5.41) is 13.4. The SMILES string of the molecule is CC1CCC(CN)(C(O)c2ccc3ccccc3c2)CC1. The molecule has 3 N–H and O–H groups in total. The van der Waals surface area contributed by atoms with Crippen molar-refractivity contribution in [2.24, 2.45) is 17.1 Å². The van der Waals surface area contributed by atoms with Crippen LogP contribution in [0.3, 0.4) is 0 Å². The largest absolute Gasteiger partial charge is 0.388 e. The zero-order chi connectivity index (χ0) is 14.9. The zero-order valence-corrected chi connectivity index (χ0v) is 12.8. The summed E-state index contributed by atoms with van der Waals surface area (Å²) in [6, 6.07) is 14.6. The van der Waals surface area contributed by atoms with Gasteiger partial charge in [-0.1, -0.05) is 56.2 Å². The van der Waals surface area contributed by atoms with Gasteiger partial charge in [0.2, 0.25) is 0 Å². The standard InChI is InChI=1S/C19H25NO/c1-14-8-10-19(13-20,11-9-14)18(21)17-7-6-15-4-2-3-5-16(15)12-17/h2-7,12,14,18,21H,8-11,13,20H2,1H3. The first-order chi connectivity index (χ1) is 10.1. The van der Waals surface area contributed by atoms with E-state index in [1.165, 1.54) is 23.6 Å². The Labute approximate surface area is 127 Å². The van der Waals surface area contributed by atoms with Crippen molar-refractivity contribution < 1.29 is 5.11 Å². The average molecular weight is 283 g/mol. The van der Waals surface area contributed by atoms with Gasteiger partial charge < -0.3 is 10.8 Å². The van der Waals surface area contributed by atoms with Crippen molar-refractivity contribution in [3.8, 4) is 0 Å². The van der Waals surface area contributed by atoms with E-state index in [0.717, 1.165) is 24.3 Å². The molecule has 3 rings (SSSR count). The zero-order valence-electron chi connectivity index (χ0n) is 12.8. The second kappa shape index (κ2) is 5.78. The summed E-state index contributed by atoms with van der Waals surface area (Å²) in [4.78, 5) is 0. The molecule has 112 valence electrons. The predicted molar refractivity (Wildman–Crippen MR) is 88.0 cm³/mol. The third-order valence-corrected chi connectivity index (χ3v) is 5.35. The van der Waals surface area contributed by atoms with Crippen LogP contribution in [0, 0.1) is 11.3 Å². The van der Waals surface area contributed by atoms with Gasteiger partial charge in [0.25, 0.3) is 0 Å². The van der Waals surface area contributed by atoms with Gasteiger partial charge in [-0.2, -0.15) is 0 Å². The number of benzene rings is 2. The third-order valence-electron chi connectivity index (χ3n) is 5.35. The normalized spacial score (nSPS) is 27.7. The van der Waals surface area contributed by atoms with Gasteiger partial charge in [0.15, 0.2) is 0 Å². The number of aliphatic hydroxyl groups excluding tert-OH is 1. The van der Waals surface area contributed by atoms with Crippen LogP contribution in [-0.2, 0) is 0 Å². The van der Waals surface area contributed by atoms with E-state index in [4.69, 9.17) is 5.73 Å². The lowest BCUT2D eigenvalue weighted by molar-refractivity contribution is -0.00810. The Morgan fingerprint density at radius 3 is 2.48 bits per heavy atom. The first kappa shape index (κ1) is 14.6. The number of aliphatic hydroxyl groups is 1. The Bertz CT molecular complexity index is 614. The fraction of sp³-hybridized carbons (Fsp3) is 0.474. The Morgan fingerprint density at radius 2 is 1.81 bits per heavy atom. The topological polar surface area (TPSA) is 46.2 Å². The maximum Gasteiger partial charge on any atom is 0.0858 e. The van der Waals surface area contributed by atoms with Crippen LogP contribution in [0.1, 0.15) is 44.3 Å². The molecule has 1 atom stereocenters. The highest BCUT2D eigenvalue weighted by Gasteiger charge is 2.40. The van der Waals surface area contributed by atoms with Gasteiger partial charge >= 0.3 is 0 Å². The molecule has 1 unspecified atom stereocenters. The molecule has 0 bridgehead atoms. The van der Waals surface area contributed by atoms with Crippen molar-refractivity contribution in [3.63, 3.8) is 0 Å². The van der Waals surface area contributed by atoms with Gasteiger partial charge in [-0.25, -0.2) is 0 Å². The molecule has 21 heavy (non-hydrogen) atoms. The summed E-state index contributed by atoms with van der Waals surface area (Å²) in [7, 11) is 0. The Balaban J connectivity index is 1.92. The van der Waals surface area contributed by atoms with Crippen molar-refractivity contribution in [3.05, 3.63) is 48.0 Å². The Hall–Kier alpha value is -1.38. The van der Waals surface area contributed by atoms with Crippen LogP contribution in [-0.4, -0.2) is 11.7 Å². The minimum Gasteiger partial charge on any atom is -0.388 e. The number of rotatable bonds is 3. The predicted octanol–water partition coefficient (Wildman–Crippen LogP) is 4.03. The number of nitrogens with two attached hydrogens (primary N) is 1. The van der Waals surface area contributed by atoms with Crippen LogP contribution in [0.2, 0.25) is 0 Å². The quantitative estimate of drug-likeness (QED) is 0.893. The van der Waals surface area contributed by atoms with Crippen LogP contribution >= 0.6 is 0 Å². The van der Waals surface area contributed by atoms with Crippen LogP contribution < -0.4 is 5.73 Å². The molecule has 0 spiro atoms. The molecular weight excluding hydrogens is 258 g/mol. The second-order valence-corrected chi connectivity index (χ2v) is 6.76. The molecule has 1 fully saturated rings. The van der Waals surface area contributed by atoms with E-state index in [1.54, 1.807) is 0 Å². The van der Waals surface area contributed by atoms with Gasteiger partial charge in [0.05, 0.1) is 6.10 Å². The van der Waals surface area contributed by atoms with Crippen molar-refractivity contribution in [1.29, 1.82) is 0 Å². The van der Waals surface area contributed by atoms with Crippen LogP contribution in [0.25, 0.3) is 10.8 Å². The summed E-state index contributed by atoms with van der Waals surface area (Å²) in [5.41, 5.74) is 6.94. The van der Waals surface area contributed by atoms with Crippen LogP contribution in [0.5, 0.6) is 0 Å². The molecule has 0 aliphatic heterocycles. The minimum absolute atomic E-state index is 0.144. The van der Waals surface area contributed by atoms with Crippen molar-refractivity contribution in [1.82, 2.24) is 0 Å². The lowest BCUT2D eigenvalue weighted by Gasteiger charge is -2.42. The monoisotopic (exact) mass is 283 g/mol. The lowest BCUT2D eigenvalue weighted by Crippen LogP contribution is -2.39. The highest BCUT2D eigenvalue weighted by Crippen LogP contribution is 2.47. The number of hydrogen-bond donors (Lipinski definition) is 2. The van der Waals surface area contributed by atoms with E-state index in [-0.39, 0.29) is 5.41 Å². The second-order valence-electron chi connectivity index (χ2n) is 6.76. The van der Waals surface area contributed by atoms with E-state index >= 15 is 0 Å². The summed E-state index contributed by atoms with van der Waals surface area (Å²) >= 11 is 0. The van der Waals surface area contributed by atoms with E-state index in [9.17, 15) is 5.11 Å². The average Bonchev–Trinajstić information content (AvgIpc) is 2.55. The van der Waals surface area contributed by atoms with Gasteiger partial charge in [-0.3, -0.25) is 0 Å². The fourth-order valence-corrected chi connectivity index (χ4v) is 3.66. The van der Waals surface area contributed by atoms with Gasteiger partial charge in [0.1, 0.15) is 0 Å². The van der Waals surface area contributed by atoms with Crippen molar-refractivity contribution >= 4 is 10.8 Å². The molecule has 1 saturated carbocycles. The molecule has 2 aromatic carbocycles. The molecule has 2 nitrogen and oxygen atoms in total. The fourth-order valence-electron chi connectivity index (χ4n) is 3.66. The molecule has 1 aliphatic carbocycles. The summed E-state index contributed by atoms with van der Waals surface area (Å²) < 4.78 is 0. The lowest BCUT2D eigenvalue weighted by atomic mass is 9.66. The molecule has 0 heterocycles. The molecule has 0 radical (unpaired) electrons. The molecule has 0 saturated heterocycles. The van der Waals surface area contributed by atoms with Gasteiger partial charge in [-0.15, -0.1) is 0 Å². The molecule has 0 amide bonds. The van der Waals surface area contributed by atoms with E-state index in [0.29, 0.717) is 6.54 Å². The minimum atomic E-state index is -0.459. The third kappa shape index (κ3) is 2.70. The maximum atomic E-state index is 11.0. The maximum absolute atomic E-state index is 11.0. The summed E-state index contributed by atoms with van der Waals surface area (Å²) in [6.45, 7) is 2.86. The summed E-state index contributed by atoms with van der Waals surface area (Å²) in [5.74, 6) is 0.758. The molecule has 0 aromatic heterocycles. The number of fused-ring (bicyclic) bond motifs is 1. The number of hydrogen-bond acceptors (Lipinski definition) is 2.